The van der Waals surface area contributed by atoms with E-state index in [9.17, 15) is 18.8 Å². The molecule has 10 heteroatoms. The van der Waals surface area contributed by atoms with Gasteiger partial charge in [0.1, 0.15) is 10.8 Å². The molecular formula is C25H25FN4O4S. The number of thiophene rings is 1. The van der Waals surface area contributed by atoms with Gasteiger partial charge in [-0.3, -0.25) is 14.4 Å². The standard InChI is InChI=1S/C25H25FN4O4S/c26-15-7-9-16(10-8-15)30-12-11-19(31)22(29-30)24(33)28-25-21(18-5-1-2-6-20(18)35-25)23(32)27-14-17-4-3-13-34-17/h7-12,17H,1-6,13-14H2,(H,27,32)(H,28,33). The van der Waals surface area contributed by atoms with Crippen LogP contribution in [0, 0.1) is 5.82 Å². The predicted molar refractivity (Wildman–Crippen MR) is 130 cm³/mol. The number of carbonyl (C=O) groups excluding carboxylic acids is 2. The van der Waals surface area contributed by atoms with E-state index in [0.717, 1.165) is 49.0 Å². The first-order valence-corrected chi connectivity index (χ1v) is 12.5. The van der Waals surface area contributed by atoms with Crippen molar-refractivity contribution in [3.05, 3.63) is 74.3 Å². The molecule has 182 valence electrons. The van der Waals surface area contributed by atoms with Gasteiger partial charge >= 0.3 is 0 Å². The van der Waals surface area contributed by atoms with Gasteiger partial charge in [-0.25, -0.2) is 9.07 Å². The quantitative estimate of drug-likeness (QED) is 0.544. The van der Waals surface area contributed by atoms with Gasteiger partial charge in [0.15, 0.2) is 5.69 Å². The zero-order valence-electron chi connectivity index (χ0n) is 19.0. The smallest absolute Gasteiger partial charge is 0.280 e. The maximum atomic E-state index is 13.3. The van der Waals surface area contributed by atoms with Gasteiger partial charge in [-0.1, -0.05) is 0 Å². The number of benzene rings is 1. The number of anilines is 1. The number of rotatable bonds is 6. The lowest BCUT2D eigenvalue weighted by molar-refractivity contribution is 0.0858. The summed E-state index contributed by atoms with van der Waals surface area (Å²) in [6.45, 7) is 1.12. The minimum atomic E-state index is -0.696. The molecule has 2 aromatic heterocycles. The molecule has 2 amide bonds. The van der Waals surface area contributed by atoms with Crippen molar-refractivity contribution >= 4 is 28.2 Å². The zero-order valence-corrected chi connectivity index (χ0v) is 19.8. The third-order valence-corrected chi connectivity index (χ3v) is 7.46. The van der Waals surface area contributed by atoms with Crippen molar-refractivity contribution in [2.24, 2.45) is 0 Å². The van der Waals surface area contributed by atoms with Gasteiger partial charge in [0.2, 0.25) is 5.43 Å². The summed E-state index contributed by atoms with van der Waals surface area (Å²) in [5.41, 5.74) is 1.07. The number of ether oxygens (including phenoxy) is 1. The van der Waals surface area contributed by atoms with Crippen molar-refractivity contribution in [2.45, 2.75) is 44.6 Å². The van der Waals surface area contributed by atoms with Crippen molar-refractivity contribution in [3.63, 3.8) is 0 Å². The van der Waals surface area contributed by atoms with E-state index in [0.29, 0.717) is 29.4 Å². The Hall–Kier alpha value is -3.37. The summed E-state index contributed by atoms with van der Waals surface area (Å²) in [5, 5.41) is 10.3. The number of hydrogen-bond acceptors (Lipinski definition) is 6. The summed E-state index contributed by atoms with van der Waals surface area (Å²) < 4.78 is 20.2. The Bertz CT molecular complexity index is 1310. The molecule has 2 N–H and O–H groups in total. The van der Waals surface area contributed by atoms with Crippen LogP contribution in [0.2, 0.25) is 0 Å². The summed E-state index contributed by atoms with van der Waals surface area (Å²) in [7, 11) is 0. The minimum absolute atomic E-state index is 0.00454. The monoisotopic (exact) mass is 496 g/mol. The first kappa shape index (κ1) is 23.4. The minimum Gasteiger partial charge on any atom is -0.376 e. The Labute approximate surface area is 205 Å². The number of nitrogens with one attached hydrogen (secondary N) is 2. The number of fused-ring (bicyclic) bond motifs is 1. The van der Waals surface area contributed by atoms with Crippen LogP contribution in [-0.2, 0) is 17.6 Å². The molecule has 0 saturated carbocycles. The molecule has 5 rings (SSSR count). The fourth-order valence-electron chi connectivity index (χ4n) is 4.46. The number of aryl methyl sites for hydroxylation is 1. The van der Waals surface area contributed by atoms with E-state index in [4.69, 9.17) is 4.74 Å². The van der Waals surface area contributed by atoms with Crippen LogP contribution in [0.4, 0.5) is 9.39 Å². The zero-order chi connectivity index (χ0) is 24.4. The van der Waals surface area contributed by atoms with Crippen LogP contribution in [0.3, 0.4) is 0 Å². The van der Waals surface area contributed by atoms with Gasteiger partial charge in [0.25, 0.3) is 11.8 Å². The number of hydrogen-bond donors (Lipinski definition) is 2. The van der Waals surface area contributed by atoms with Crippen molar-refractivity contribution in [1.82, 2.24) is 15.1 Å². The normalized spacial score (nSPS) is 17.1. The van der Waals surface area contributed by atoms with Gasteiger partial charge in [-0.05, 0) is 68.4 Å². The molecule has 0 radical (unpaired) electrons. The highest BCUT2D eigenvalue weighted by molar-refractivity contribution is 7.17. The molecule has 8 nitrogen and oxygen atoms in total. The number of amides is 2. The SMILES string of the molecule is O=C(NCC1CCCO1)c1c(NC(=O)c2nn(-c3ccc(F)cc3)ccc2=O)sc2c1CCCC2. The Kier molecular flexibility index (Phi) is 6.74. The molecule has 1 unspecified atom stereocenters. The highest BCUT2D eigenvalue weighted by Crippen LogP contribution is 2.38. The lowest BCUT2D eigenvalue weighted by atomic mass is 9.95. The average Bonchev–Trinajstić information content (AvgIpc) is 3.51. The predicted octanol–water partition coefficient (Wildman–Crippen LogP) is 3.47. The Morgan fingerprint density at radius 3 is 2.69 bits per heavy atom. The lowest BCUT2D eigenvalue weighted by Crippen LogP contribution is -2.33. The van der Waals surface area contributed by atoms with Crippen molar-refractivity contribution in [2.75, 3.05) is 18.5 Å². The number of halogens is 1. The third-order valence-electron chi connectivity index (χ3n) is 6.25. The molecule has 1 atom stereocenters. The molecule has 2 aliphatic rings. The van der Waals surface area contributed by atoms with Crippen molar-refractivity contribution in [1.29, 1.82) is 0 Å². The van der Waals surface area contributed by atoms with E-state index in [1.807, 2.05) is 0 Å². The fourth-order valence-corrected chi connectivity index (χ4v) is 5.74. The van der Waals surface area contributed by atoms with E-state index in [2.05, 4.69) is 15.7 Å². The van der Waals surface area contributed by atoms with Gasteiger partial charge in [0.05, 0.1) is 17.4 Å². The van der Waals surface area contributed by atoms with Gasteiger partial charge in [0, 0.05) is 30.3 Å². The Morgan fingerprint density at radius 1 is 1.11 bits per heavy atom. The van der Waals surface area contributed by atoms with Crippen LogP contribution in [0.15, 0.2) is 41.3 Å². The summed E-state index contributed by atoms with van der Waals surface area (Å²) in [6, 6.07) is 6.77. The van der Waals surface area contributed by atoms with Gasteiger partial charge in [-0.2, -0.15) is 5.10 Å². The molecule has 1 aliphatic heterocycles. The summed E-state index contributed by atoms with van der Waals surface area (Å²) >= 11 is 1.38. The molecule has 1 aromatic carbocycles. The maximum Gasteiger partial charge on any atom is 0.280 e. The average molecular weight is 497 g/mol. The van der Waals surface area contributed by atoms with Crippen molar-refractivity contribution < 1.29 is 18.7 Å². The van der Waals surface area contributed by atoms with E-state index >= 15 is 0 Å². The second-order valence-electron chi connectivity index (χ2n) is 8.66. The second-order valence-corrected chi connectivity index (χ2v) is 9.77. The van der Waals surface area contributed by atoms with Crippen LogP contribution in [-0.4, -0.2) is 40.9 Å². The number of nitrogens with zero attached hydrogens (tertiary/aromatic N) is 2. The summed E-state index contributed by atoms with van der Waals surface area (Å²) in [5.74, 6) is -1.35. The molecule has 1 saturated heterocycles. The molecule has 3 heterocycles. The summed E-state index contributed by atoms with van der Waals surface area (Å²) in [6.07, 6.45) is 6.94. The lowest BCUT2D eigenvalue weighted by Gasteiger charge is -2.15. The summed E-state index contributed by atoms with van der Waals surface area (Å²) in [4.78, 5) is 39.9. The fraction of sp³-hybridized carbons (Fsp3) is 0.360. The molecule has 3 aromatic rings. The van der Waals surface area contributed by atoms with Crippen LogP contribution in [0.1, 0.15) is 57.0 Å². The maximum absolute atomic E-state index is 13.3. The topological polar surface area (TPSA) is 102 Å². The molecule has 0 bridgehead atoms. The molecule has 1 fully saturated rings. The second kappa shape index (κ2) is 10.1. The molecule has 0 spiro atoms. The van der Waals surface area contributed by atoms with E-state index in [-0.39, 0.29) is 17.7 Å². The van der Waals surface area contributed by atoms with Gasteiger partial charge < -0.3 is 15.4 Å². The van der Waals surface area contributed by atoms with Crippen LogP contribution < -0.4 is 16.1 Å². The first-order chi connectivity index (χ1) is 17.0. The largest absolute Gasteiger partial charge is 0.376 e. The highest BCUT2D eigenvalue weighted by Gasteiger charge is 2.28. The van der Waals surface area contributed by atoms with Crippen LogP contribution in [0.25, 0.3) is 5.69 Å². The molecule has 35 heavy (non-hydrogen) atoms. The van der Waals surface area contributed by atoms with E-state index in [1.54, 1.807) is 0 Å². The third kappa shape index (κ3) is 5.03. The number of aromatic nitrogens is 2. The van der Waals surface area contributed by atoms with Gasteiger partial charge in [-0.15, -0.1) is 11.3 Å². The Balaban J connectivity index is 1.41. The first-order valence-electron chi connectivity index (χ1n) is 11.7. The Morgan fingerprint density at radius 2 is 1.91 bits per heavy atom. The van der Waals surface area contributed by atoms with E-state index in [1.165, 1.54) is 52.5 Å². The van der Waals surface area contributed by atoms with Crippen LogP contribution in [0.5, 0.6) is 0 Å². The molecular weight excluding hydrogens is 471 g/mol. The van der Waals surface area contributed by atoms with E-state index < -0.39 is 17.2 Å². The van der Waals surface area contributed by atoms with Crippen LogP contribution >= 0.6 is 11.3 Å². The van der Waals surface area contributed by atoms with Crippen molar-refractivity contribution in [3.8, 4) is 5.69 Å². The number of carbonyl (C=O) groups is 2. The molecule has 1 aliphatic carbocycles. The highest BCUT2D eigenvalue weighted by atomic mass is 32.1.